The molecule has 4 N–H and O–H groups in total. The summed E-state index contributed by atoms with van der Waals surface area (Å²) in [5.41, 5.74) is 0.468. The Kier molecular flexibility index (Phi) is 7.47. The number of nitrogens with two attached hydrogens (primary N) is 1. The van der Waals surface area contributed by atoms with Crippen molar-refractivity contribution >= 4 is 33.2 Å². The van der Waals surface area contributed by atoms with Crippen molar-refractivity contribution in [2.75, 3.05) is 11.9 Å². The van der Waals surface area contributed by atoms with E-state index in [0.29, 0.717) is 28.2 Å². The van der Waals surface area contributed by atoms with Gasteiger partial charge in [-0.25, -0.2) is 15.1 Å². The molecule has 4 rings (SSSR count). The largest absolute Gasteiger partial charge is 0.425 e. The highest BCUT2D eigenvalue weighted by atomic mass is 32.2. The standard InChI is InChI=1S/C21H22F3N5O5S2/c22-21(23,24)18-2-1-15(35-18)9-29-4-3-12(8-29)19(31)16-7-26-11-27-20(16)28-14-5-13(17(30)6-14)10-34-36(25,32)33/h1-4,7-8,11,13-14,17,30H,5-6,9-10H2,(H2,25,32,33)(H,26,27,28)/t13-,14-,17+/m1/s1. The first kappa shape index (κ1) is 26.2. The maximum Gasteiger partial charge on any atom is 0.425 e. The summed E-state index contributed by atoms with van der Waals surface area (Å²) < 4.78 is 66.8. The number of anilines is 1. The fourth-order valence-corrected chi connectivity index (χ4v) is 5.26. The molecule has 0 spiro atoms. The third-order valence-corrected chi connectivity index (χ3v) is 7.27. The van der Waals surface area contributed by atoms with Crippen molar-refractivity contribution in [3.05, 3.63) is 64.0 Å². The van der Waals surface area contributed by atoms with Crippen molar-refractivity contribution in [2.45, 2.75) is 37.7 Å². The van der Waals surface area contributed by atoms with Crippen molar-refractivity contribution in [1.82, 2.24) is 14.5 Å². The van der Waals surface area contributed by atoms with Crippen molar-refractivity contribution < 1.29 is 35.7 Å². The molecule has 0 aliphatic heterocycles. The van der Waals surface area contributed by atoms with Gasteiger partial charge in [0.15, 0.2) is 5.78 Å². The fourth-order valence-electron chi connectivity index (χ4n) is 4.01. The van der Waals surface area contributed by atoms with Gasteiger partial charge in [0, 0.05) is 41.0 Å². The lowest BCUT2D eigenvalue weighted by Crippen LogP contribution is -2.24. The van der Waals surface area contributed by atoms with E-state index in [2.05, 4.69) is 19.5 Å². The molecule has 10 nitrogen and oxygen atoms in total. The number of aliphatic hydroxyl groups is 1. The number of alkyl halides is 3. The van der Waals surface area contributed by atoms with Crippen LogP contribution < -0.4 is 10.5 Å². The van der Waals surface area contributed by atoms with Crippen LogP contribution in [0.5, 0.6) is 0 Å². The van der Waals surface area contributed by atoms with Crippen molar-refractivity contribution in [3.8, 4) is 0 Å². The summed E-state index contributed by atoms with van der Waals surface area (Å²) in [6.45, 7) is -0.0949. The Balaban J connectivity index is 1.43. The molecular formula is C21H22F3N5O5S2. The zero-order chi connectivity index (χ0) is 26.1. The maximum atomic E-state index is 13.2. The molecule has 1 saturated carbocycles. The van der Waals surface area contributed by atoms with E-state index in [9.17, 15) is 31.5 Å². The van der Waals surface area contributed by atoms with E-state index < -0.39 is 39.2 Å². The number of carbonyl (C=O) groups is 1. The number of aromatic nitrogens is 3. The Morgan fingerprint density at radius 3 is 2.78 bits per heavy atom. The predicted octanol–water partition coefficient (Wildman–Crippen LogP) is 2.41. The predicted molar refractivity (Wildman–Crippen MR) is 124 cm³/mol. The van der Waals surface area contributed by atoms with E-state index in [1.54, 1.807) is 16.8 Å². The normalized spacial score (nSPS) is 20.5. The molecule has 3 aromatic heterocycles. The highest BCUT2D eigenvalue weighted by molar-refractivity contribution is 7.84. The number of carbonyl (C=O) groups excluding carboxylic acids is 1. The number of aliphatic hydroxyl groups excluding tert-OH is 1. The van der Waals surface area contributed by atoms with Crippen LogP contribution in [0.3, 0.4) is 0 Å². The van der Waals surface area contributed by atoms with E-state index >= 15 is 0 Å². The SMILES string of the molecule is NS(=O)(=O)OC[C@H]1C[C@@H](Nc2ncncc2C(=O)c2ccn(Cc3ccc(C(F)(F)F)s3)c2)C[C@@H]1O. The number of ketones is 1. The minimum Gasteiger partial charge on any atom is -0.393 e. The molecule has 15 heteroatoms. The van der Waals surface area contributed by atoms with Gasteiger partial charge in [0.2, 0.25) is 0 Å². The number of nitrogens with zero attached hydrogens (tertiary/aromatic N) is 3. The first-order valence-corrected chi connectivity index (χ1v) is 13.0. The molecule has 0 radical (unpaired) electrons. The maximum absolute atomic E-state index is 13.2. The zero-order valence-corrected chi connectivity index (χ0v) is 20.2. The Hall–Kier alpha value is -2.85. The molecule has 0 amide bonds. The topological polar surface area (TPSA) is 149 Å². The summed E-state index contributed by atoms with van der Waals surface area (Å²) in [7, 11) is -4.13. The monoisotopic (exact) mass is 545 g/mol. The third kappa shape index (κ3) is 6.47. The molecule has 3 heterocycles. The number of hydrogen-bond donors (Lipinski definition) is 3. The molecule has 194 valence electrons. The summed E-state index contributed by atoms with van der Waals surface area (Å²) in [5, 5.41) is 18.2. The van der Waals surface area contributed by atoms with E-state index in [-0.39, 0.29) is 37.0 Å². The van der Waals surface area contributed by atoms with Crippen LogP contribution in [0.4, 0.5) is 19.0 Å². The fraction of sp³-hybridized carbons (Fsp3) is 0.381. The van der Waals surface area contributed by atoms with Crippen molar-refractivity contribution in [2.24, 2.45) is 11.1 Å². The van der Waals surface area contributed by atoms with Gasteiger partial charge in [-0.2, -0.15) is 21.6 Å². The quantitative estimate of drug-likeness (QED) is 0.347. The van der Waals surface area contributed by atoms with Crippen molar-refractivity contribution in [3.63, 3.8) is 0 Å². The molecule has 0 saturated heterocycles. The summed E-state index contributed by atoms with van der Waals surface area (Å²) in [6, 6.07) is 3.67. The second kappa shape index (κ2) is 10.3. The van der Waals surface area contributed by atoms with Crippen LogP contribution in [-0.2, 0) is 27.2 Å². The summed E-state index contributed by atoms with van der Waals surface area (Å²) in [4.78, 5) is 21.0. The smallest absolute Gasteiger partial charge is 0.393 e. The molecule has 1 aliphatic rings. The summed E-state index contributed by atoms with van der Waals surface area (Å²) in [5.74, 6) is -0.640. The zero-order valence-electron chi connectivity index (χ0n) is 18.6. The van der Waals surface area contributed by atoms with Gasteiger partial charge in [-0.3, -0.25) is 8.98 Å². The molecule has 3 aromatic rings. The van der Waals surface area contributed by atoms with Crippen LogP contribution in [0.2, 0.25) is 0 Å². The van der Waals surface area contributed by atoms with Crippen LogP contribution in [0.1, 0.15) is 38.5 Å². The Bertz CT molecular complexity index is 1340. The van der Waals surface area contributed by atoms with Gasteiger partial charge in [-0.15, -0.1) is 11.3 Å². The van der Waals surface area contributed by atoms with E-state index in [0.717, 1.165) is 6.07 Å². The Morgan fingerprint density at radius 2 is 2.08 bits per heavy atom. The van der Waals surface area contributed by atoms with Crippen LogP contribution in [-0.4, -0.2) is 52.6 Å². The number of nitrogens with one attached hydrogen (secondary N) is 1. The molecule has 0 bridgehead atoms. The highest BCUT2D eigenvalue weighted by Crippen LogP contribution is 2.35. The van der Waals surface area contributed by atoms with Gasteiger partial charge in [0.1, 0.15) is 17.0 Å². The molecule has 1 aliphatic carbocycles. The van der Waals surface area contributed by atoms with E-state index in [1.165, 1.54) is 24.8 Å². The lowest BCUT2D eigenvalue weighted by molar-refractivity contribution is -0.134. The number of thiophene rings is 1. The molecule has 0 aromatic carbocycles. The number of halogens is 3. The minimum absolute atomic E-state index is 0.171. The lowest BCUT2D eigenvalue weighted by Gasteiger charge is -2.15. The Morgan fingerprint density at radius 1 is 1.31 bits per heavy atom. The van der Waals surface area contributed by atoms with Crippen LogP contribution in [0, 0.1) is 5.92 Å². The third-order valence-electron chi connectivity index (χ3n) is 5.69. The highest BCUT2D eigenvalue weighted by Gasteiger charge is 2.35. The summed E-state index contributed by atoms with van der Waals surface area (Å²) in [6.07, 6.45) is 1.12. The first-order valence-electron chi connectivity index (χ1n) is 10.7. The number of rotatable bonds is 9. The molecule has 1 fully saturated rings. The van der Waals surface area contributed by atoms with E-state index in [4.69, 9.17) is 5.14 Å². The van der Waals surface area contributed by atoms with Gasteiger partial charge in [0.05, 0.1) is 24.8 Å². The van der Waals surface area contributed by atoms with Gasteiger partial charge in [-0.05, 0) is 31.0 Å². The second-order valence-electron chi connectivity index (χ2n) is 8.37. The van der Waals surface area contributed by atoms with E-state index in [1.807, 2.05) is 0 Å². The first-order chi connectivity index (χ1) is 16.9. The minimum atomic E-state index is -4.40. The molecular weight excluding hydrogens is 523 g/mol. The molecule has 36 heavy (non-hydrogen) atoms. The second-order valence-corrected chi connectivity index (χ2v) is 10.8. The average Bonchev–Trinajstić information content (AvgIpc) is 3.52. The molecule has 3 atom stereocenters. The van der Waals surface area contributed by atoms with Crippen LogP contribution >= 0.6 is 11.3 Å². The lowest BCUT2D eigenvalue weighted by atomic mass is 10.1. The average molecular weight is 546 g/mol. The van der Waals surface area contributed by atoms with Crippen LogP contribution in [0.25, 0.3) is 0 Å². The van der Waals surface area contributed by atoms with Gasteiger partial charge >= 0.3 is 16.5 Å². The number of hydrogen-bond acceptors (Lipinski definition) is 9. The van der Waals surface area contributed by atoms with Gasteiger partial charge in [0.25, 0.3) is 0 Å². The van der Waals surface area contributed by atoms with Crippen molar-refractivity contribution in [1.29, 1.82) is 0 Å². The summed E-state index contributed by atoms with van der Waals surface area (Å²) >= 11 is 0.643. The van der Waals surface area contributed by atoms with Gasteiger partial charge < -0.3 is 15.0 Å². The van der Waals surface area contributed by atoms with Gasteiger partial charge in [-0.1, -0.05) is 0 Å². The Labute approximate surface area is 208 Å². The van der Waals surface area contributed by atoms with Crippen LogP contribution in [0.15, 0.2) is 43.1 Å². The molecule has 0 unspecified atom stereocenters.